The summed E-state index contributed by atoms with van der Waals surface area (Å²) in [4.78, 5) is 11.9. The molecule has 0 radical (unpaired) electrons. The minimum absolute atomic E-state index is 0.103. The molecule has 1 saturated carbocycles. The third-order valence-corrected chi connectivity index (χ3v) is 6.23. The van der Waals surface area contributed by atoms with E-state index in [4.69, 9.17) is 14.2 Å². The largest absolute Gasteiger partial charge is 0.496 e. The summed E-state index contributed by atoms with van der Waals surface area (Å²) in [5.74, 6) is 0.934. The second-order valence-corrected chi connectivity index (χ2v) is 8.03. The van der Waals surface area contributed by atoms with Gasteiger partial charge in [0.25, 0.3) is 0 Å². The highest BCUT2D eigenvalue weighted by Crippen LogP contribution is 2.52. The molecule has 2 aliphatic carbocycles. The first-order valence-electron chi connectivity index (χ1n) is 9.51. The summed E-state index contributed by atoms with van der Waals surface area (Å²) in [6.07, 6.45) is 1.95. The van der Waals surface area contributed by atoms with Gasteiger partial charge in [0.1, 0.15) is 23.4 Å². The minimum atomic E-state index is -0.323. The molecule has 28 heavy (non-hydrogen) atoms. The Labute approximate surface area is 172 Å². The first-order valence-corrected chi connectivity index (χ1v) is 10.3. The van der Waals surface area contributed by atoms with Gasteiger partial charge in [-0.1, -0.05) is 22.0 Å². The van der Waals surface area contributed by atoms with Gasteiger partial charge in [-0.3, -0.25) is 4.79 Å². The molecule has 2 aliphatic rings. The monoisotopic (exact) mass is 448 g/mol. The predicted molar refractivity (Wildman–Crippen MR) is 106 cm³/mol. The number of halogens is 2. The van der Waals surface area contributed by atoms with Crippen molar-refractivity contribution in [3.8, 4) is 11.5 Å². The average molecular weight is 449 g/mol. The van der Waals surface area contributed by atoms with E-state index in [1.165, 1.54) is 6.07 Å². The lowest BCUT2D eigenvalue weighted by atomic mass is 10.1. The van der Waals surface area contributed by atoms with Gasteiger partial charge in [-0.25, -0.2) is 4.39 Å². The van der Waals surface area contributed by atoms with Gasteiger partial charge in [-0.2, -0.15) is 0 Å². The molecule has 6 heteroatoms. The lowest BCUT2D eigenvalue weighted by molar-refractivity contribution is -0.144. The molecule has 0 aliphatic heterocycles. The number of benzene rings is 2. The van der Waals surface area contributed by atoms with Crippen molar-refractivity contribution in [3.63, 3.8) is 0 Å². The number of ether oxygens (including phenoxy) is 3. The zero-order valence-electron chi connectivity index (χ0n) is 15.8. The number of rotatable bonds is 6. The van der Waals surface area contributed by atoms with E-state index in [0.717, 1.165) is 34.9 Å². The van der Waals surface area contributed by atoms with Crippen molar-refractivity contribution in [2.24, 2.45) is 5.92 Å². The molecule has 2 aromatic rings. The highest BCUT2D eigenvalue weighted by Gasteiger charge is 2.46. The fraction of sp³-hybridized carbons (Fsp3) is 0.409. The number of carbonyl (C=O) groups excluding carboxylic acids is 1. The molecule has 2 aromatic carbocycles. The number of methoxy groups -OCH3 is 1. The number of hydrogen-bond donors (Lipinski definition) is 0. The van der Waals surface area contributed by atoms with E-state index in [9.17, 15) is 9.18 Å². The first-order chi connectivity index (χ1) is 13.5. The van der Waals surface area contributed by atoms with Crippen LogP contribution in [-0.2, 0) is 16.0 Å². The third-order valence-electron chi connectivity index (χ3n) is 5.49. The second kappa shape index (κ2) is 7.74. The first kappa shape index (κ1) is 19.2. The van der Waals surface area contributed by atoms with E-state index >= 15 is 0 Å². The molecule has 4 rings (SSSR count). The van der Waals surface area contributed by atoms with Gasteiger partial charge < -0.3 is 14.2 Å². The van der Waals surface area contributed by atoms with E-state index < -0.39 is 0 Å². The standard InChI is InChI=1S/C22H22BrFO4/c1-3-27-22(25)16-11-15(16)13-5-4-12(10-20(13)26-2)28-19-9-6-14-17(23)7-8-18(24)21(14)19/h4-5,7-8,10,15-16,19H,3,6,9,11H2,1-2H3/t15-,16+,19+/m0/s1. The molecular formula is C22H22BrFO4. The van der Waals surface area contributed by atoms with Crippen molar-refractivity contribution in [1.29, 1.82) is 0 Å². The molecule has 0 amide bonds. The van der Waals surface area contributed by atoms with Crippen LogP contribution in [0.4, 0.5) is 4.39 Å². The summed E-state index contributed by atoms with van der Waals surface area (Å²) in [6, 6.07) is 8.84. The number of hydrogen-bond acceptors (Lipinski definition) is 4. The Bertz CT molecular complexity index is 914. The molecule has 0 saturated heterocycles. The summed E-state index contributed by atoms with van der Waals surface area (Å²) in [6.45, 7) is 2.20. The molecule has 0 spiro atoms. The van der Waals surface area contributed by atoms with E-state index in [0.29, 0.717) is 23.7 Å². The van der Waals surface area contributed by atoms with Crippen molar-refractivity contribution in [1.82, 2.24) is 0 Å². The Hall–Kier alpha value is -2.08. The summed E-state index contributed by atoms with van der Waals surface area (Å²) < 4.78 is 32.0. The molecule has 4 nitrogen and oxygen atoms in total. The smallest absolute Gasteiger partial charge is 0.309 e. The van der Waals surface area contributed by atoms with Crippen LogP contribution in [0, 0.1) is 11.7 Å². The Balaban J connectivity index is 1.53. The Morgan fingerprint density at radius 3 is 2.86 bits per heavy atom. The van der Waals surface area contributed by atoms with Crippen molar-refractivity contribution < 1.29 is 23.4 Å². The summed E-state index contributed by atoms with van der Waals surface area (Å²) >= 11 is 3.50. The van der Waals surface area contributed by atoms with Gasteiger partial charge >= 0.3 is 5.97 Å². The zero-order valence-corrected chi connectivity index (χ0v) is 17.4. The van der Waals surface area contributed by atoms with Crippen LogP contribution in [0.25, 0.3) is 0 Å². The maximum atomic E-state index is 14.4. The lowest BCUT2D eigenvalue weighted by Crippen LogP contribution is -2.08. The van der Waals surface area contributed by atoms with Crippen LogP contribution in [0.5, 0.6) is 11.5 Å². The molecule has 0 heterocycles. The third kappa shape index (κ3) is 3.50. The molecule has 148 valence electrons. The molecule has 3 atom stereocenters. The molecule has 0 N–H and O–H groups in total. The number of carbonyl (C=O) groups is 1. The van der Waals surface area contributed by atoms with Crippen molar-refractivity contribution >= 4 is 21.9 Å². The van der Waals surface area contributed by atoms with Crippen LogP contribution in [-0.4, -0.2) is 19.7 Å². The van der Waals surface area contributed by atoms with Crippen LogP contribution in [0.2, 0.25) is 0 Å². The quantitative estimate of drug-likeness (QED) is 0.560. The molecule has 0 bridgehead atoms. The van der Waals surface area contributed by atoms with Crippen molar-refractivity contribution in [2.45, 2.75) is 38.2 Å². The average Bonchev–Trinajstić information content (AvgIpc) is 3.38. The number of fused-ring (bicyclic) bond motifs is 1. The summed E-state index contributed by atoms with van der Waals surface area (Å²) in [7, 11) is 1.60. The minimum Gasteiger partial charge on any atom is -0.496 e. The van der Waals surface area contributed by atoms with Crippen LogP contribution >= 0.6 is 15.9 Å². The Morgan fingerprint density at radius 2 is 2.11 bits per heavy atom. The maximum Gasteiger partial charge on any atom is 0.309 e. The zero-order chi connectivity index (χ0) is 19.8. The highest BCUT2D eigenvalue weighted by atomic mass is 79.9. The van der Waals surface area contributed by atoms with Crippen LogP contribution in [0.1, 0.15) is 48.5 Å². The SMILES string of the molecule is CCOC(=O)[C@@H]1C[C@H]1c1ccc(O[C@@H]2CCc3c(Br)ccc(F)c32)cc1OC. The van der Waals surface area contributed by atoms with Gasteiger partial charge in [-0.05, 0) is 55.5 Å². The topological polar surface area (TPSA) is 44.8 Å². The van der Waals surface area contributed by atoms with Gasteiger partial charge in [0, 0.05) is 22.0 Å². The Kier molecular flexibility index (Phi) is 5.32. The Morgan fingerprint density at radius 1 is 1.29 bits per heavy atom. The fourth-order valence-corrected chi connectivity index (χ4v) is 4.58. The van der Waals surface area contributed by atoms with Crippen molar-refractivity contribution in [2.75, 3.05) is 13.7 Å². The molecule has 0 unspecified atom stereocenters. The maximum absolute atomic E-state index is 14.4. The second-order valence-electron chi connectivity index (χ2n) is 7.17. The fourth-order valence-electron chi connectivity index (χ4n) is 4.03. The van der Waals surface area contributed by atoms with Gasteiger partial charge in [0.15, 0.2) is 0 Å². The normalized spacial score (nSPS) is 22.5. The van der Waals surface area contributed by atoms with Crippen LogP contribution in [0.15, 0.2) is 34.8 Å². The number of esters is 1. The molecule has 0 aromatic heterocycles. The van der Waals surface area contributed by atoms with E-state index in [-0.39, 0.29) is 29.7 Å². The van der Waals surface area contributed by atoms with Gasteiger partial charge in [0.2, 0.25) is 0 Å². The van der Waals surface area contributed by atoms with E-state index in [2.05, 4.69) is 15.9 Å². The van der Waals surface area contributed by atoms with Crippen LogP contribution < -0.4 is 9.47 Å². The molecular weight excluding hydrogens is 427 g/mol. The van der Waals surface area contributed by atoms with Crippen molar-refractivity contribution in [3.05, 3.63) is 57.3 Å². The van der Waals surface area contributed by atoms with Gasteiger partial charge in [0.05, 0.1) is 19.6 Å². The van der Waals surface area contributed by atoms with Crippen LogP contribution in [0.3, 0.4) is 0 Å². The lowest BCUT2D eigenvalue weighted by Gasteiger charge is -2.17. The van der Waals surface area contributed by atoms with Gasteiger partial charge in [-0.15, -0.1) is 0 Å². The summed E-state index contributed by atoms with van der Waals surface area (Å²) in [5, 5.41) is 0. The van der Waals surface area contributed by atoms with E-state index in [1.807, 2.05) is 25.1 Å². The highest BCUT2D eigenvalue weighted by molar-refractivity contribution is 9.10. The summed E-state index contributed by atoms with van der Waals surface area (Å²) in [5.41, 5.74) is 2.58. The molecule has 1 fully saturated rings. The van der Waals surface area contributed by atoms with E-state index in [1.54, 1.807) is 13.2 Å². The predicted octanol–water partition coefficient (Wildman–Crippen LogP) is 5.33.